The Morgan fingerprint density at radius 3 is 2.71 bits per heavy atom. The highest BCUT2D eigenvalue weighted by Gasteiger charge is 2.08. The van der Waals surface area contributed by atoms with Crippen LogP contribution in [-0.4, -0.2) is 16.1 Å². The number of rotatable bonds is 3. The summed E-state index contributed by atoms with van der Waals surface area (Å²) in [5.41, 5.74) is 5.53. The van der Waals surface area contributed by atoms with Crippen molar-refractivity contribution in [1.82, 2.24) is 9.97 Å². The second-order valence-corrected chi connectivity index (χ2v) is 4.32. The summed E-state index contributed by atoms with van der Waals surface area (Å²) < 4.78 is 4.84. The molecule has 3 aromatic rings. The third-order valence-electron chi connectivity index (χ3n) is 2.86. The molecule has 21 heavy (non-hydrogen) atoms. The van der Waals surface area contributed by atoms with Crippen molar-refractivity contribution in [2.24, 2.45) is 5.73 Å². The lowest BCUT2D eigenvalue weighted by Crippen LogP contribution is -2.17. The van der Waals surface area contributed by atoms with E-state index < -0.39 is 6.09 Å². The molecule has 3 N–H and O–H groups in total. The smallest absolute Gasteiger partial charge is 0.389 e. The molecule has 0 aliphatic heterocycles. The SMILES string of the molecule is NC(=O)Oc1ncccc1Nc1cc2ccccc2cn1. The Balaban J connectivity index is 1.93. The van der Waals surface area contributed by atoms with Crippen LogP contribution in [-0.2, 0) is 0 Å². The number of anilines is 2. The highest BCUT2D eigenvalue weighted by atomic mass is 16.6. The summed E-state index contributed by atoms with van der Waals surface area (Å²) in [6.45, 7) is 0. The molecule has 0 spiro atoms. The van der Waals surface area contributed by atoms with E-state index in [9.17, 15) is 4.79 Å². The standard InChI is InChI=1S/C15H12N4O2/c16-15(20)21-14-12(6-3-7-17-14)19-13-8-10-4-1-2-5-11(10)9-18-13/h1-9H,(H2,16,20)(H,18,19). The summed E-state index contributed by atoms with van der Waals surface area (Å²) in [7, 11) is 0. The Bertz CT molecular complexity index is 804. The maximum absolute atomic E-state index is 10.9. The lowest BCUT2D eigenvalue weighted by Gasteiger charge is -2.09. The first-order valence-electron chi connectivity index (χ1n) is 6.26. The zero-order chi connectivity index (χ0) is 14.7. The molecule has 6 nitrogen and oxygen atoms in total. The molecule has 0 unspecified atom stereocenters. The minimum Gasteiger partial charge on any atom is -0.389 e. The zero-order valence-corrected chi connectivity index (χ0v) is 11.0. The van der Waals surface area contributed by atoms with Gasteiger partial charge in [0.25, 0.3) is 0 Å². The van der Waals surface area contributed by atoms with E-state index in [1.807, 2.05) is 30.3 Å². The number of ether oxygens (including phenoxy) is 1. The first kappa shape index (κ1) is 12.9. The Morgan fingerprint density at radius 2 is 1.90 bits per heavy atom. The fraction of sp³-hybridized carbons (Fsp3) is 0. The fourth-order valence-corrected chi connectivity index (χ4v) is 1.95. The van der Waals surface area contributed by atoms with Crippen molar-refractivity contribution in [2.45, 2.75) is 0 Å². The van der Waals surface area contributed by atoms with Gasteiger partial charge in [0.15, 0.2) is 0 Å². The molecular formula is C15H12N4O2. The molecule has 0 radical (unpaired) electrons. The van der Waals surface area contributed by atoms with Gasteiger partial charge in [0.05, 0.1) is 0 Å². The number of aromatic nitrogens is 2. The second kappa shape index (κ2) is 5.46. The number of amides is 1. The van der Waals surface area contributed by atoms with Crippen LogP contribution < -0.4 is 15.8 Å². The van der Waals surface area contributed by atoms with Gasteiger partial charge in [-0.3, -0.25) is 0 Å². The lowest BCUT2D eigenvalue weighted by atomic mass is 10.2. The van der Waals surface area contributed by atoms with Crippen LogP contribution in [0.3, 0.4) is 0 Å². The molecule has 2 aromatic heterocycles. The highest BCUT2D eigenvalue weighted by molar-refractivity contribution is 5.84. The normalized spacial score (nSPS) is 10.3. The van der Waals surface area contributed by atoms with Gasteiger partial charge in [-0.1, -0.05) is 24.3 Å². The predicted octanol–water partition coefficient (Wildman–Crippen LogP) is 2.83. The minimum atomic E-state index is -0.914. The molecule has 3 rings (SSSR count). The lowest BCUT2D eigenvalue weighted by molar-refractivity contribution is 0.209. The zero-order valence-electron chi connectivity index (χ0n) is 11.0. The van der Waals surface area contributed by atoms with Gasteiger partial charge in [-0.05, 0) is 23.6 Å². The summed E-state index contributed by atoms with van der Waals surface area (Å²) in [4.78, 5) is 19.1. The van der Waals surface area contributed by atoms with Crippen LogP contribution >= 0.6 is 0 Å². The molecule has 0 bridgehead atoms. The molecule has 0 saturated carbocycles. The molecule has 0 fully saturated rings. The predicted molar refractivity (Wildman–Crippen MR) is 79.5 cm³/mol. The van der Waals surface area contributed by atoms with Crippen molar-refractivity contribution in [1.29, 1.82) is 0 Å². The summed E-state index contributed by atoms with van der Waals surface area (Å²) in [6.07, 6.45) is 2.36. The number of hydrogen-bond donors (Lipinski definition) is 2. The van der Waals surface area contributed by atoms with E-state index in [2.05, 4.69) is 15.3 Å². The van der Waals surface area contributed by atoms with Crippen molar-refractivity contribution >= 4 is 28.4 Å². The maximum atomic E-state index is 10.9. The number of nitrogens with zero attached hydrogens (tertiary/aromatic N) is 2. The van der Waals surface area contributed by atoms with E-state index >= 15 is 0 Å². The number of hydrogen-bond acceptors (Lipinski definition) is 5. The van der Waals surface area contributed by atoms with E-state index in [0.29, 0.717) is 11.5 Å². The van der Waals surface area contributed by atoms with Crippen LogP contribution in [0.5, 0.6) is 5.88 Å². The van der Waals surface area contributed by atoms with Gasteiger partial charge in [-0.2, -0.15) is 0 Å². The van der Waals surface area contributed by atoms with E-state index in [1.54, 1.807) is 18.3 Å². The molecule has 0 aliphatic carbocycles. The summed E-state index contributed by atoms with van der Waals surface area (Å²) >= 11 is 0. The number of nitrogens with two attached hydrogens (primary N) is 1. The number of benzene rings is 1. The van der Waals surface area contributed by atoms with Crippen molar-refractivity contribution in [3.63, 3.8) is 0 Å². The molecular weight excluding hydrogens is 268 g/mol. The number of pyridine rings is 2. The van der Waals surface area contributed by atoms with Gasteiger partial charge in [0.2, 0.25) is 5.88 Å². The van der Waals surface area contributed by atoms with Crippen molar-refractivity contribution in [2.75, 3.05) is 5.32 Å². The van der Waals surface area contributed by atoms with Crippen LogP contribution in [0.25, 0.3) is 10.8 Å². The van der Waals surface area contributed by atoms with Gasteiger partial charge >= 0.3 is 6.09 Å². The van der Waals surface area contributed by atoms with Gasteiger partial charge in [0.1, 0.15) is 11.5 Å². The van der Waals surface area contributed by atoms with Crippen molar-refractivity contribution < 1.29 is 9.53 Å². The number of carbonyl (C=O) groups excluding carboxylic acids is 1. The minimum absolute atomic E-state index is 0.111. The quantitative estimate of drug-likeness (QED) is 0.770. The first-order chi connectivity index (χ1) is 10.2. The third kappa shape index (κ3) is 2.89. The number of primary amides is 1. The van der Waals surface area contributed by atoms with Gasteiger partial charge in [-0.15, -0.1) is 0 Å². The molecule has 1 amide bonds. The summed E-state index contributed by atoms with van der Waals surface area (Å²) in [5, 5.41) is 5.16. The molecule has 0 atom stereocenters. The Morgan fingerprint density at radius 1 is 1.10 bits per heavy atom. The van der Waals surface area contributed by atoms with Crippen LogP contribution in [0, 0.1) is 0 Å². The monoisotopic (exact) mass is 280 g/mol. The van der Waals surface area contributed by atoms with Crippen molar-refractivity contribution in [3.8, 4) is 5.88 Å². The average Bonchev–Trinajstić information content (AvgIpc) is 2.49. The second-order valence-electron chi connectivity index (χ2n) is 4.32. The Hall–Kier alpha value is -3.15. The summed E-state index contributed by atoms with van der Waals surface area (Å²) in [6, 6.07) is 13.2. The third-order valence-corrected chi connectivity index (χ3v) is 2.86. The highest BCUT2D eigenvalue weighted by Crippen LogP contribution is 2.25. The molecule has 1 aromatic carbocycles. The number of carbonyl (C=O) groups is 1. The number of nitrogens with one attached hydrogen (secondary N) is 1. The average molecular weight is 280 g/mol. The largest absolute Gasteiger partial charge is 0.411 e. The Kier molecular flexibility index (Phi) is 3.34. The van der Waals surface area contributed by atoms with E-state index in [4.69, 9.17) is 10.5 Å². The van der Waals surface area contributed by atoms with Crippen LogP contribution in [0.4, 0.5) is 16.3 Å². The van der Waals surface area contributed by atoms with E-state index in [-0.39, 0.29) is 5.88 Å². The molecule has 104 valence electrons. The van der Waals surface area contributed by atoms with E-state index in [1.165, 1.54) is 6.20 Å². The topological polar surface area (TPSA) is 90.1 Å². The molecule has 0 saturated heterocycles. The van der Waals surface area contributed by atoms with Crippen LogP contribution in [0.1, 0.15) is 0 Å². The van der Waals surface area contributed by atoms with Gasteiger partial charge in [0, 0.05) is 17.8 Å². The molecule has 0 aliphatic rings. The fourth-order valence-electron chi connectivity index (χ4n) is 1.95. The van der Waals surface area contributed by atoms with Crippen LogP contribution in [0.2, 0.25) is 0 Å². The van der Waals surface area contributed by atoms with Gasteiger partial charge in [-0.25, -0.2) is 14.8 Å². The van der Waals surface area contributed by atoms with Crippen LogP contribution in [0.15, 0.2) is 54.9 Å². The first-order valence-corrected chi connectivity index (χ1v) is 6.26. The summed E-state index contributed by atoms with van der Waals surface area (Å²) in [5.74, 6) is 0.732. The molecule has 2 heterocycles. The van der Waals surface area contributed by atoms with E-state index in [0.717, 1.165) is 10.8 Å². The van der Waals surface area contributed by atoms with Crippen molar-refractivity contribution in [3.05, 3.63) is 54.9 Å². The molecule has 6 heteroatoms. The van der Waals surface area contributed by atoms with Gasteiger partial charge < -0.3 is 15.8 Å². The number of fused-ring (bicyclic) bond motifs is 1. The maximum Gasteiger partial charge on any atom is 0.411 e. The Labute approximate surface area is 120 Å².